The summed E-state index contributed by atoms with van der Waals surface area (Å²) >= 11 is 0. The zero-order valence-corrected chi connectivity index (χ0v) is 11.1. The molecule has 0 radical (unpaired) electrons. The Hall–Kier alpha value is -1.81. The van der Waals surface area contributed by atoms with Gasteiger partial charge in [0.15, 0.2) is 0 Å². The number of carbonyl (C=O) groups excluding carboxylic acids is 1. The van der Waals surface area contributed by atoms with E-state index in [1.165, 1.54) is 0 Å². The largest absolute Gasteiger partial charge is 0.464 e. The van der Waals surface area contributed by atoms with Crippen LogP contribution >= 0.6 is 0 Å². The average Bonchev–Trinajstić information content (AvgIpc) is 2.81. The molecule has 0 bridgehead atoms. The van der Waals surface area contributed by atoms with Gasteiger partial charge in [-0.1, -0.05) is 19.4 Å². The van der Waals surface area contributed by atoms with E-state index in [2.05, 4.69) is 6.92 Å². The van der Waals surface area contributed by atoms with Crippen LogP contribution < -0.4 is 0 Å². The zero-order chi connectivity index (χ0) is 13.7. The van der Waals surface area contributed by atoms with Crippen molar-refractivity contribution in [1.29, 1.82) is 0 Å². The first-order chi connectivity index (χ1) is 9.24. The normalized spacial score (nSPS) is 10.8. The Labute approximate surface area is 112 Å². The van der Waals surface area contributed by atoms with E-state index in [0.29, 0.717) is 6.61 Å². The van der Waals surface area contributed by atoms with Crippen LogP contribution in [0.1, 0.15) is 25.3 Å². The maximum absolute atomic E-state index is 11.7. The minimum atomic E-state index is -0.211. The molecule has 0 aliphatic carbocycles. The monoisotopic (exact) mass is 261 g/mol. The van der Waals surface area contributed by atoms with Crippen molar-refractivity contribution >= 4 is 16.9 Å². The molecule has 1 aromatic carbocycles. The third-order valence-electron chi connectivity index (χ3n) is 3.08. The Morgan fingerprint density at radius 3 is 2.95 bits per heavy atom. The Kier molecular flexibility index (Phi) is 4.58. The maximum atomic E-state index is 11.7. The van der Waals surface area contributed by atoms with Crippen LogP contribution in [0.5, 0.6) is 0 Å². The van der Waals surface area contributed by atoms with Crippen LogP contribution in [0.4, 0.5) is 0 Å². The lowest BCUT2D eigenvalue weighted by atomic mass is 10.2. The summed E-state index contributed by atoms with van der Waals surface area (Å²) in [5.41, 5.74) is 1.85. The van der Waals surface area contributed by atoms with E-state index in [4.69, 9.17) is 9.84 Å². The summed E-state index contributed by atoms with van der Waals surface area (Å²) in [5, 5.41) is 10.1. The molecule has 19 heavy (non-hydrogen) atoms. The lowest BCUT2D eigenvalue weighted by molar-refractivity contribution is -0.144. The van der Waals surface area contributed by atoms with E-state index in [1.54, 1.807) is 0 Å². The minimum absolute atomic E-state index is 0.0280. The van der Waals surface area contributed by atoms with Crippen LogP contribution in [0.3, 0.4) is 0 Å². The van der Waals surface area contributed by atoms with Crippen LogP contribution in [0.2, 0.25) is 0 Å². The number of aliphatic hydroxyl groups excluding tert-OH is 1. The highest BCUT2D eigenvalue weighted by molar-refractivity contribution is 5.82. The minimum Gasteiger partial charge on any atom is -0.464 e. The molecule has 102 valence electrons. The van der Waals surface area contributed by atoms with Gasteiger partial charge >= 0.3 is 5.97 Å². The van der Waals surface area contributed by atoms with Crippen LogP contribution in [-0.2, 0) is 22.7 Å². The van der Waals surface area contributed by atoms with Gasteiger partial charge in [0.25, 0.3) is 0 Å². The molecular formula is C15H19NO3. The molecule has 1 N–H and O–H groups in total. The summed E-state index contributed by atoms with van der Waals surface area (Å²) in [4.78, 5) is 11.7. The number of ether oxygens (including phenoxy) is 1. The number of hydrogen-bond donors (Lipinski definition) is 1. The van der Waals surface area contributed by atoms with E-state index >= 15 is 0 Å². The van der Waals surface area contributed by atoms with Crippen LogP contribution in [0.15, 0.2) is 30.5 Å². The van der Waals surface area contributed by atoms with Crippen molar-refractivity contribution in [3.8, 4) is 0 Å². The van der Waals surface area contributed by atoms with Crippen molar-refractivity contribution in [1.82, 2.24) is 4.57 Å². The molecule has 2 rings (SSSR count). The van der Waals surface area contributed by atoms with Gasteiger partial charge in [0.1, 0.15) is 6.54 Å². The molecule has 0 amide bonds. The molecule has 0 saturated heterocycles. The molecule has 0 fully saturated rings. The second-order valence-corrected chi connectivity index (χ2v) is 4.57. The Bertz CT molecular complexity index is 560. The summed E-state index contributed by atoms with van der Waals surface area (Å²) in [6.07, 6.45) is 3.79. The average molecular weight is 261 g/mol. The lowest BCUT2D eigenvalue weighted by Crippen LogP contribution is -2.13. The zero-order valence-electron chi connectivity index (χ0n) is 11.1. The number of esters is 1. The number of hydrogen-bond acceptors (Lipinski definition) is 3. The van der Waals surface area contributed by atoms with Crippen LogP contribution in [0, 0.1) is 0 Å². The fourth-order valence-electron chi connectivity index (χ4n) is 2.00. The van der Waals surface area contributed by atoms with Crippen molar-refractivity contribution in [2.24, 2.45) is 0 Å². The van der Waals surface area contributed by atoms with Gasteiger partial charge in [-0.25, -0.2) is 0 Å². The maximum Gasteiger partial charge on any atom is 0.325 e. The van der Waals surface area contributed by atoms with E-state index in [0.717, 1.165) is 29.3 Å². The van der Waals surface area contributed by atoms with E-state index < -0.39 is 0 Å². The quantitative estimate of drug-likeness (QED) is 0.642. The number of nitrogens with zero attached hydrogens (tertiary/aromatic N) is 1. The Morgan fingerprint density at radius 2 is 2.21 bits per heavy atom. The third kappa shape index (κ3) is 3.35. The Balaban J connectivity index is 2.06. The predicted octanol–water partition coefficient (Wildman–Crippen LogP) is 2.48. The van der Waals surface area contributed by atoms with Gasteiger partial charge in [-0.2, -0.15) is 0 Å². The molecule has 4 heteroatoms. The highest BCUT2D eigenvalue weighted by Crippen LogP contribution is 2.17. The van der Waals surface area contributed by atoms with Gasteiger partial charge in [-0.05, 0) is 35.6 Å². The lowest BCUT2D eigenvalue weighted by Gasteiger charge is -2.06. The summed E-state index contributed by atoms with van der Waals surface area (Å²) in [6.45, 7) is 2.81. The molecule has 0 aliphatic heterocycles. The molecular weight excluding hydrogens is 242 g/mol. The van der Waals surface area contributed by atoms with Gasteiger partial charge in [0.2, 0.25) is 0 Å². The van der Waals surface area contributed by atoms with Crippen molar-refractivity contribution in [3.63, 3.8) is 0 Å². The van der Waals surface area contributed by atoms with Gasteiger partial charge in [-0.15, -0.1) is 0 Å². The topological polar surface area (TPSA) is 51.5 Å². The van der Waals surface area contributed by atoms with E-state index in [9.17, 15) is 4.79 Å². The van der Waals surface area contributed by atoms with E-state index in [1.807, 2.05) is 35.0 Å². The first-order valence-electron chi connectivity index (χ1n) is 6.59. The standard InChI is InChI=1S/C15H19NO3/c1-2-3-8-19-15(18)10-16-7-6-13-9-12(11-17)4-5-14(13)16/h4-7,9,17H,2-3,8,10-11H2,1H3. The summed E-state index contributed by atoms with van der Waals surface area (Å²) in [6, 6.07) is 7.64. The highest BCUT2D eigenvalue weighted by Gasteiger charge is 2.07. The molecule has 0 atom stereocenters. The molecule has 1 aromatic heterocycles. The molecule has 0 unspecified atom stereocenters. The number of unbranched alkanes of at least 4 members (excludes halogenated alkanes) is 1. The SMILES string of the molecule is CCCCOC(=O)Cn1ccc2cc(CO)ccc21. The first-order valence-corrected chi connectivity index (χ1v) is 6.59. The third-order valence-corrected chi connectivity index (χ3v) is 3.08. The van der Waals surface area contributed by atoms with Crippen molar-refractivity contribution in [2.75, 3.05) is 6.61 Å². The second kappa shape index (κ2) is 6.38. The van der Waals surface area contributed by atoms with Gasteiger partial charge in [0.05, 0.1) is 13.2 Å². The van der Waals surface area contributed by atoms with Crippen LogP contribution in [-0.4, -0.2) is 22.2 Å². The molecule has 4 nitrogen and oxygen atoms in total. The number of benzene rings is 1. The predicted molar refractivity (Wildman–Crippen MR) is 73.7 cm³/mol. The smallest absolute Gasteiger partial charge is 0.325 e. The fraction of sp³-hybridized carbons (Fsp3) is 0.400. The van der Waals surface area contributed by atoms with Gasteiger partial charge in [-0.3, -0.25) is 4.79 Å². The molecule has 2 aromatic rings. The second-order valence-electron chi connectivity index (χ2n) is 4.57. The van der Waals surface area contributed by atoms with Crippen LogP contribution in [0.25, 0.3) is 10.9 Å². The van der Waals surface area contributed by atoms with Crippen molar-refractivity contribution < 1.29 is 14.6 Å². The Morgan fingerprint density at radius 1 is 1.37 bits per heavy atom. The molecule has 0 aliphatic rings. The number of fused-ring (bicyclic) bond motifs is 1. The summed E-state index contributed by atoms with van der Waals surface area (Å²) < 4.78 is 7.02. The number of aromatic nitrogens is 1. The summed E-state index contributed by atoms with van der Waals surface area (Å²) in [7, 11) is 0. The van der Waals surface area contributed by atoms with Gasteiger partial charge < -0.3 is 14.4 Å². The summed E-state index contributed by atoms with van der Waals surface area (Å²) in [5.74, 6) is -0.211. The molecule has 0 spiro atoms. The van der Waals surface area contributed by atoms with E-state index in [-0.39, 0.29) is 19.1 Å². The van der Waals surface area contributed by atoms with Gasteiger partial charge in [0, 0.05) is 11.7 Å². The van der Waals surface area contributed by atoms with Crippen molar-refractivity contribution in [2.45, 2.75) is 32.9 Å². The molecule has 1 heterocycles. The number of aliphatic hydroxyl groups is 1. The number of carbonyl (C=O) groups is 1. The first kappa shape index (κ1) is 13.6. The van der Waals surface area contributed by atoms with Crippen molar-refractivity contribution in [3.05, 3.63) is 36.0 Å². The number of rotatable bonds is 6. The fourth-order valence-corrected chi connectivity index (χ4v) is 2.00. The molecule has 0 saturated carbocycles. The highest BCUT2D eigenvalue weighted by atomic mass is 16.5.